The Bertz CT molecular complexity index is 293. The molecule has 72 valence electrons. The molecule has 1 N–H and O–H groups in total. The van der Waals surface area contributed by atoms with Crippen LogP contribution in [0.25, 0.3) is 0 Å². The highest BCUT2D eigenvalue weighted by atomic mass is 16.5. The van der Waals surface area contributed by atoms with Crippen LogP contribution in [-0.4, -0.2) is 16.0 Å². The van der Waals surface area contributed by atoms with Crippen LogP contribution in [0.15, 0.2) is 4.52 Å². The molecule has 0 saturated carbocycles. The van der Waals surface area contributed by atoms with E-state index in [0.717, 1.165) is 0 Å². The molecule has 13 heavy (non-hydrogen) atoms. The average molecular weight is 183 g/mol. The molecule has 1 aromatic rings. The second kappa shape index (κ2) is 4.02. The molecule has 5 nitrogen and oxygen atoms in total. The third-order valence-corrected chi connectivity index (χ3v) is 1.37. The van der Waals surface area contributed by atoms with Gasteiger partial charge in [-0.3, -0.25) is 10.1 Å². The Kier molecular flexibility index (Phi) is 3.00. The molecule has 0 aliphatic rings. The minimum absolute atomic E-state index is 0.0985. The lowest BCUT2D eigenvalue weighted by Gasteiger charge is -2.01. The van der Waals surface area contributed by atoms with Crippen molar-refractivity contribution in [3.8, 4) is 0 Å². The number of amides is 1. The molecule has 0 fully saturated rings. The van der Waals surface area contributed by atoms with E-state index in [9.17, 15) is 4.79 Å². The molecular weight excluding hydrogens is 170 g/mol. The van der Waals surface area contributed by atoms with Crippen molar-refractivity contribution in [2.75, 3.05) is 5.32 Å². The summed E-state index contributed by atoms with van der Waals surface area (Å²) in [4.78, 5) is 15.0. The fourth-order valence-electron chi connectivity index (χ4n) is 0.889. The van der Waals surface area contributed by atoms with Gasteiger partial charge in [0.15, 0.2) is 5.82 Å². The Morgan fingerprint density at radius 1 is 1.62 bits per heavy atom. The summed E-state index contributed by atoms with van der Waals surface area (Å²) in [6.07, 6.45) is 0.460. The van der Waals surface area contributed by atoms with E-state index in [1.807, 2.05) is 13.8 Å². The monoisotopic (exact) mass is 183 g/mol. The molecule has 0 atom stereocenters. The maximum absolute atomic E-state index is 11.2. The number of hydrogen-bond donors (Lipinski definition) is 1. The topological polar surface area (TPSA) is 68.0 Å². The summed E-state index contributed by atoms with van der Waals surface area (Å²) in [6, 6.07) is 0.170. The van der Waals surface area contributed by atoms with E-state index < -0.39 is 0 Å². The maximum atomic E-state index is 11.2. The van der Waals surface area contributed by atoms with E-state index in [-0.39, 0.29) is 11.9 Å². The highest BCUT2D eigenvalue weighted by Gasteiger charge is 2.08. The van der Waals surface area contributed by atoms with Crippen LogP contribution in [0, 0.1) is 12.8 Å². The van der Waals surface area contributed by atoms with Crippen molar-refractivity contribution < 1.29 is 9.32 Å². The van der Waals surface area contributed by atoms with Crippen molar-refractivity contribution in [1.29, 1.82) is 0 Å². The predicted molar refractivity (Wildman–Crippen MR) is 47.1 cm³/mol. The Hall–Kier alpha value is -1.39. The Morgan fingerprint density at radius 2 is 2.31 bits per heavy atom. The maximum Gasteiger partial charge on any atom is 0.328 e. The molecule has 1 aromatic heterocycles. The number of aryl methyl sites for hydroxylation is 1. The van der Waals surface area contributed by atoms with E-state index in [4.69, 9.17) is 4.52 Å². The number of aromatic nitrogens is 2. The molecule has 1 heterocycles. The van der Waals surface area contributed by atoms with Crippen LogP contribution in [0.5, 0.6) is 0 Å². The first-order valence-corrected chi connectivity index (χ1v) is 4.18. The first-order chi connectivity index (χ1) is 6.08. The van der Waals surface area contributed by atoms with Gasteiger partial charge in [-0.15, -0.1) is 0 Å². The first-order valence-electron chi connectivity index (χ1n) is 4.18. The third kappa shape index (κ3) is 3.23. The average Bonchev–Trinajstić information content (AvgIpc) is 2.33. The fourth-order valence-corrected chi connectivity index (χ4v) is 0.889. The van der Waals surface area contributed by atoms with Gasteiger partial charge in [-0.1, -0.05) is 19.0 Å². The second-order valence-corrected chi connectivity index (χ2v) is 3.29. The highest BCUT2D eigenvalue weighted by molar-refractivity contribution is 5.88. The van der Waals surface area contributed by atoms with E-state index in [1.54, 1.807) is 6.92 Å². The molecular formula is C8H13N3O2. The second-order valence-electron chi connectivity index (χ2n) is 3.29. The molecule has 0 saturated heterocycles. The quantitative estimate of drug-likeness (QED) is 0.768. The summed E-state index contributed by atoms with van der Waals surface area (Å²) >= 11 is 0. The van der Waals surface area contributed by atoms with Crippen LogP contribution in [-0.2, 0) is 4.79 Å². The number of anilines is 1. The van der Waals surface area contributed by atoms with Crippen LogP contribution in [0.3, 0.4) is 0 Å². The molecule has 1 amide bonds. The predicted octanol–water partition coefficient (Wildman–Crippen LogP) is 1.36. The number of rotatable bonds is 3. The van der Waals surface area contributed by atoms with Gasteiger partial charge in [-0.25, -0.2) is 0 Å². The van der Waals surface area contributed by atoms with E-state index in [0.29, 0.717) is 18.2 Å². The minimum atomic E-state index is -0.0985. The summed E-state index contributed by atoms with van der Waals surface area (Å²) in [5, 5.41) is 6.06. The lowest BCUT2D eigenvalue weighted by Crippen LogP contribution is -2.13. The van der Waals surface area contributed by atoms with E-state index >= 15 is 0 Å². The SMILES string of the molecule is Cc1noc(NC(=O)CC(C)C)n1. The van der Waals surface area contributed by atoms with Gasteiger partial charge in [0, 0.05) is 6.42 Å². The van der Waals surface area contributed by atoms with Crippen LogP contribution >= 0.6 is 0 Å². The molecule has 0 radical (unpaired) electrons. The summed E-state index contributed by atoms with van der Waals surface area (Å²) in [5.41, 5.74) is 0. The normalized spacial score (nSPS) is 10.5. The molecule has 0 bridgehead atoms. The van der Waals surface area contributed by atoms with Crippen molar-refractivity contribution in [1.82, 2.24) is 10.1 Å². The van der Waals surface area contributed by atoms with Gasteiger partial charge in [-0.2, -0.15) is 4.98 Å². The van der Waals surface area contributed by atoms with Crippen molar-refractivity contribution >= 4 is 11.9 Å². The fraction of sp³-hybridized carbons (Fsp3) is 0.625. The number of hydrogen-bond acceptors (Lipinski definition) is 4. The Labute approximate surface area is 76.5 Å². The van der Waals surface area contributed by atoms with E-state index in [2.05, 4.69) is 15.5 Å². The van der Waals surface area contributed by atoms with Crippen LogP contribution in [0.2, 0.25) is 0 Å². The summed E-state index contributed by atoms with van der Waals surface area (Å²) < 4.78 is 4.72. The van der Waals surface area contributed by atoms with Crippen molar-refractivity contribution in [3.05, 3.63) is 5.82 Å². The molecule has 0 unspecified atom stereocenters. The molecule has 5 heteroatoms. The molecule has 0 spiro atoms. The third-order valence-electron chi connectivity index (χ3n) is 1.37. The largest absolute Gasteiger partial charge is 0.328 e. The van der Waals surface area contributed by atoms with Gasteiger partial charge in [0.25, 0.3) is 0 Å². The lowest BCUT2D eigenvalue weighted by molar-refractivity contribution is -0.117. The Balaban J connectivity index is 2.45. The molecule has 0 aromatic carbocycles. The lowest BCUT2D eigenvalue weighted by atomic mass is 10.1. The zero-order valence-electron chi connectivity index (χ0n) is 8.00. The highest BCUT2D eigenvalue weighted by Crippen LogP contribution is 2.05. The zero-order valence-corrected chi connectivity index (χ0v) is 8.00. The van der Waals surface area contributed by atoms with Crippen LogP contribution in [0.1, 0.15) is 26.1 Å². The number of carbonyl (C=O) groups excluding carboxylic acids is 1. The standard InChI is InChI=1S/C8H13N3O2/c1-5(2)4-7(12)10-8-9-6(3)11-13-8/h5H,4H2,1-3H3,(H,9,10,11,12). The molecule has 1 rings (SSSR count). The summed E-state index contributed by atoms with van der Waals surface area (Å²) in [7, 11) is 0. The number of nitrogens with one attached hydrogen (secondary N) is 1. The smallest absolute Gasteiger partial charge is 0.315 e. The van der Waals surface area contributed by atoms with Crippen molar-refractivity contribution in [2.45, 2.75) is 27.2 Å². The molecule has 0 aliphatic carbocycles. The van der Waals surface area contributed by atoms with E-state index in [1.165, 1.54) is 0 Å². The number of nitrogens with zero attached hydrogens (tertiary/aromatic N) is 2. The first kappa shape index (κ1) is 9.70. The zero-order chi connectivity index (χ0) is 9.84. The van der Waals surface area contributed by atoms with Gasteiger partial charge >= 0.3 is 6.01 Å². The van der Waals surface area contributed by atoms with Gasteiger partial charge < -0.3 is 4.52 Å². The van der Waals surface area contributed by atoms with Crippen LogP contribution in [0.4, 0.5) is 6.01 Å². The summed E-state index contributed by atoms with van der Waals surface area (Å²) in [5.74, 6) is 0.738. The van der Waals surface area contributed by atoms with Gasteiger partial charge in [-0.05, 0) is 12.8 Å². The minimum Gasteiger partial charge on any atom is -0.315 e. The van der Waals surface area contributed by atoms with Crippen molar-refractivity contribution in [3.63, 3.8) is 0 Å². The Morgan fingerprint density at radius 3 is 2.77 bits per heavy atom. The number of carbonyl (C=O) groups is 1. The molecule has 0 aliphatic heterocycles. The summed E-state index contributed by atoms with van der Waals surface area (Å²) in [6.45, 7) is 5.64. The van der Waals surface area contributed by atoms with Crippen LogP contribution < -0.4 is 5.32 Å². The van der Waals surface area contributed by atoms with Crippen molar-refractivity contribution in [2.24, 2.45) is 5.92 Å². The van der Waals surface area contributed by atoms with Gasteiger partial charge in [0.2, 0.25) is 5.91 Å². The van der Waals surface area contributed by atoms with Gasteiger partial charge in [0.1, 0.15) is 0 Å². The van der Waals surface area contributed by atoms with Gasteiger partial charge in [0.05, 0.1) is 0 Å².